The Kier molecular flexibility index (Phi) is 6.11. The van der Waals surface area contributed by atoms with Crippen LogP contribution in [0.25, 0.3) is 0 Å². The topological polar surface area (TPSA) is 0 Å². The standard InChI is InChI=1S/C12H16ClFS/c1-2-15-8-7-11(9-13)10-3-5-12(14)6-4-10/h3-6,11H,2,7-9H2,1H3. The smallest absolute Gasteiger partial charge is 0.123 e. The summed E-state index contributed by atoms with van der Waals surface area (Å²) < 4.78 is 12.7. The fourth-order valence-corrected chi connectivity index (χ4v) is 2.51. The van der Waals surface area contributed by atoms with Crippen LogP contribution in [0.5, 0.6) is 0 Å². The number of alkyl halides is 1. The monoisotopic (exact) mass is 246 g/mol. The van der Waals surface area contributed by atoms with Crippen LogP contribution in [0.15, 0.2) is 24.3 Å². The highest BCUT2D eigenvalue weighted by molar-refractivity contribution is 7.99. The summed E-state index contributed by atoms with van der Waals surface area (Å²) in [6.07, 6.45) is 1.06. The van der Waals surface area contributed by atoms with Crippen molar-refractivity contribution < 1.29 is 4.39 Å². The van der Waals surface area contributed by atoms with Gasteiger partial charge in [-0.25, -0.2) is 4.39 Å². The van der Waals surface area contributed by atoms with Gasteiger partial charge in [0.25, 0.3) is 0 Å². The Morgan fingerprint density at radius 3 is 2.53 bits per heavy atom. The van der Waals surface area contributed by atoms with E-state index >= 15 is 0 Å². The maximum absolute atomic E-state index is 12.7. The van der Waals surface area contributed by atoms with Crippen LogP contribution < -0.4 is 0 Å². The van der Waals surface area contributed by atoms with Gasteiger partial charge in [0.15, 0.2) is 0 Å². The highest BCUT2D eigenvalue weighted by atomic mass is 35.5. The van der Waals surface area contributed by atoms with Crippen LogP contribution in [0, 0.1) is 5.82 Å². The average Bonchev–Trinajstić information content (AvgIpc) is 2.26. The first-order chi connectivity index (χ1) is 7.27. The first-order valence-electron chi connectivity index (χ1n) is 5.17. The molecule has 0 saturated heterocycles. The number of thioether (sulfide) groups is 1. The molecule has 0 saturated carbocycles. The molecular formula is C12H16ClFS. The van der Waals surface area contributed by atoms with Gasteiger partial charge < -0.3 is 0 Å². The lowest BCUT2D eigenvalue weighted by molar-refractivity contribution is 0.625. The van der Waals surface area contributed by atoms with E-state index in [-0.39, 0.29) is 5.82 Å². The summed E-state index contributed by atoms with van der Waals surface area (Å²) in [6, 6.07) is 6.67. The molecule has 0 amide bonds. The van der Waals surface area contributed by atoms with Crippen molar-refractivity contribution >= 4 is 23.4 Å². The van der Waals surface area contributed by atoms with Crippen LogP contribution in [-0.2, 0) is 0 Å². The molecule has 1 aromatic rings. The molecule has 0 fully saturated rings. The maximum atomic E-state index is 12.7. The van der Waals surface area contributed by atoms with Crippen LogP contribution >= 0.6 is 23.4 Å². The largest absolute Gasteiger partial charge is 0.207 e. The molecular weight excluding hydrogens is 231 g/mol. The average molecular weight is 247 g/mol. The quantitative estimate of drug-likeness (QED) is 0.533. The number of hydrogen-bond acceptors (Lipinski definition) is 1. The molecule has 0 heterocycles. The zero-order valence-corrected chi connectivity index (χ0v) is 10.5. The minimum absolute atomic E-state index is 0.185. The summed E-state index contributed by atoms with van der Waals surface area (Å²) in [4.78, 5) is 0. The molecule has 0 spiro atoms. The first kappa shape index (κ1) is 12.9. The molecule has 1 atom stereocenters. The van der Waals surface area contributed by atoms with Gasteiger partial charge in [0.2, 0.25) is 0 Å². The summed E-state index contributed by atoms with van der Waals surface area (Å²) in [5.74, 6) is 3.03. The zero-order valence-electron chi connectivity index (χ0n) is 8.88. The third-order valence-corrected chi connectivity index (χ3v) is 3.65. The van der Waals surface area contributed by atoms with Crippen molar-refractivity contribution in [3.8, 4) is 0 Å². The van der Waals surface area contributed by atoms with Gasteiger partial charge in [-0.15, -0.1) is 11.6 Å². The molecule has 0 radical (unpaired) electrons. The van der Waals surface area contributed by atoms with Crippen LogP contribution in [0.4, 0.5) is 4.39 Å². The van der Waals surface area contributed by atoms with E-state index in [2.05, 4.69) is 6.92 Å². The Labute approximate surface area is 100 Å². The van der Waals surface area contributed by atoms with Gasteiger partial charge in [0, 0.05) is 5.88 Å². The normalized spacial score (nSPS) is 12.7. The van der Waals surface area contributed by atoms with Gasteiger partial charge in [-0.05, 0) is 41.5 Å². The van der Waals surface area contributed by atoms with Crippen LogP contribution in [0.2, 0.25) is 0 Å². The van der Waals surface area contributed by atoms with Crippen molar-refractivity contribution in [3.05, 3.63) is 35.6 Å². The van der Waals surface area contributed by atoms with Crippen LogP contribution in [-0.4, -0.2) is 17.4 Å². The van der Waals surface area contributed by atoms with E-state index in [0.29, 0.717) is 11.8 Å². The highest BCUT2D eigenvalue weighted by Gasteiger charge is 2.09. The van der Waals surface area contributed by atoms with E-state index in [4.69, 9.17) is 11.6 Å². The first-order valence-corrected chi connectivity index (χ1v) is 6.86. The lowest BCUT2D eigenvalue weighted by atomic mass is 9.99. The summed E-state index contributed by atoms with van der Waals surface area (Å²) in [5, 5.41) is 0. The molecule has 1 unspecified atom stereocenters. The van der Waals surface area contributed by atoms with Gasteiger partial charge in [-0.2, -0.15) is 11.8 Å². The number of hydrogen-bond donors (Lipinski definition) is 0. The molecule has 3 heteroatoms. The second-order valence-corrected chi connectivity index (χ2v) is 5.09. The fraction of sp³-hybridized carbons (Fsp3) is 0.500. The Balaban J connectivity index is 2.53. The molecule has 0 aliphatic heterocycles. The molecule has 0 nitrogen and oxygen atoms in total. The van der Waals surface area contributed by atoms with Gasteiger partial charge in [-0.3, -0.25) is 0 Å². The molecule has 0 bridgehead atoms. The third-order valence-electron chi connectivity index (χ3n) is 2.34. The van der Waals surface area contributed by atoms with Gasteiger partial charge >= 0.3 is 0 Å². The Hall–Kier alpha value is -0.210. The number of halogens is 2. The molecule has 1 aromatic carbocycles. The Morgan fingerprint density at radius 1 is 1.33 bits per heavy atom. The second-order valence-electron chi connectivity index (χ2n) is 3.39. The second kappa shape index (κ2) is 7.13. The highest BCUT2D eigenvalue weighted by Crippen LogP contribution is 2.23. The van der Waals surface area contributed by atoms with E-state index in [0.717, 1.165) is 23.5 Å². The van der Waals surface area contributed by atoms with Crippen LogP contribution in [0.1, 0.15) is 24.8 Å². The molecule has 0 aliphatic carbocycles. The van der Waals surface area contributed by atoms with Crippen molar-refractivity contribution in [1.29, 1.82) is 0 Å². The molecule has 0 aromatic heterocycles. The number of benzene rings is 1. The van der Waals surface area contributed by atoms with Crippen molar-refractivity contribution in [2.45, 2.75) is 19.3 Å². The van der Waals surface area contributed by atoms with E-state index in [9.17, 15) is 4.39 Å². The maximum Gasteiger partial charge on any atom is 0.123 e. The van der Waals surface area contributed by atoms with Crippen molar-refractivity contribution in [3.63, 3.8) is 0 Å². The van der Waals surface area contributed by atoms with Crippen LogP contribution in [0.3, 0.4) is 0 Å². The minimum Gasteiger partial charge on any atom is -0.207 e. The third kappa shape index (κ3) is 4.43. The zero-order chi connectivity index (χ0) is 11.1. The van der Waals surface area contributed by atoms with E-state index in [1.165, 1.54) is 12.1 Å². The summed E-state index contributed by atoms with van der Waals surface area (Å²) in [6.45, 7) is 2.15. The summed E-state index contributed by atoms with van der Waals surface area (Å²) in [7, 11) is 0. The van der Waals surface area contributed by atoms with Gasteiger partial charge in [0.05, 0.1) is 0 Å². The fourth-order valence-electron chi connectivity index (χ4n) is 1.44. The molecule has 84 valence electrons. The summed E-state index contributed by atoms with van der Waals surface area (Å²) in [5.41, 5.74) is 1.14. The molecule has 15 heavy (non-hydrogen) atoms. The van der Waals surface area contributed by atoms with Gasteiger partial charge in [-0.1, -0.05) is 19.1 Å². The number of rotatable bonds is 6. The predicted octanol–water partition coefficient (Wildman–Crippen LogP) is 4.29. The Morgan fingerprint density at radius 2 is 2.00 bits per heavy atom. The van der Waals surface area contributed by atoms with Crippen molar-refractivity contribution in [1.82, 2.24) is 0 Å². The SMILES string of the molecule is CCSCCC(CCl)c1ccc(F)cc1. The van der Waals surface area contributed by atoms with E-state index < -0.39 is 0 Å². The molecule has 0 aliphatic rings. The van der Waals surface area contributed by atoms with Gasteiger partial charge in [0.1, 0.15) is 5.82 Å². The van der Waals surface area contributed by atoms with Crippen molar-refractivity contribution in [2.75, 3.05) is 17.4 Å². The lowest BCUT2D eigenvalue weighted by Crippen LogP contribution is -2.02. The molecule has 0 N–H and O–H groups in total. The van der Waals surface area contributed by atoms with E-state index in [1.807, 2.05) is 23.9 Å². The van der Waals surface area contributed by atoms with Crippen molar-refractivity contribution in [2.24, 2.45) is 0 Å². The van der Waals surface area contributed by atoms with E-state index in [1.54, 1.807) is 0 Å². The molecule has 1 rings (SSSR count). The Bertz CT molecular complexity index is 273. The minimum atomic E-state index is -0.185. The lowest BCUT2D eigenvalue weighted by Gasteiger charge is -2.13. The predicted molar refractivity (Wildman–Crippen MR) is 67.5 cm³/mol. The summed E-state index contributed by atoms with van der Waals surface area (Å²) >= 11 is 7.83.